The Kier molecular flexibility index (Phi) is 4.05. The highest BCUT2D eigenvalue weighted by molar-refractivity contribution is 7.89. The van der Waals surface area contributed by atoms with Crippen LogP contribution < -0.4 is 5.73 Å². The van der Waals surface area contributed by atoms with Crippen molar-refractivity contribution in [3.63, 3.8) is 0 Å². The van der Waals surface area contributed by atoms with E-state index in [-0.39, 0.29) is 22.3 Å². The molecule has 7 nitrogen and oxygen atoms in total. The minimum Gasteiger partial charge on any atom is -0.363 e. The van der Waals surface area contributed by atoms with Crippen molar-refractivity contribution in [2.24, 2.45) is 5.73 Å². The van der Waals surface area contributed by atoms with E-state index in [9.17, 15) is 13.2 Å². The first-order valence-electron chi connectivity index (χ1n) is 6.79. The zero-order valence-corrected chi connectivity index (χ0v) is 13.5. The van der Waals surface area contributed by atoms with Crippen molar-refractivity contribution in [1.82, 2.24) is 14.3 Å². The topological polar surface area (TPSA) is 106 Å². The molecule has 3 rings (SSSR count). The number of nitrogens with two attached hydrogens (primary N) is 1. The van der Waals surface area contributed by atoms with Crippen molar-refractivity contribution in [3.05, 3.63) is 52.6 Å². The predicted molar refractivity (Wildman–Crippen MR) is 83.3 cm³/mol. The van der Waals surface area contributed by atoms with E-state index in [4.69, 9.17) is 17.3 Å². The molecule has 1 aromatic carbocycles. The maximum Gasteiger partial charge on any atom is 0.286 e. The van der Waals surface area contributed by atoms with Gasteiger partial charge in [0, 0.05) is 12.7 Å². The quantitative estimate of drug-likeness (QED) is 0.886. The van der Waals surface area contributed by atoms with E-state index in [0.29, 0.717) is 18.7 Å². The second kappa shape index (κ2) is 5.88. The number of amides is 1. The van der Waals surface area contributed by atoms with E-state index in [0.717, 1.165) is 5.56 Å². The zero-order valence-electron chi connectivity index (χ0n) is 11.9. The van der Waals surface area contributed by atoms with Crippen molar-refractivity contribution >= 4 is 27.5 Å². The largest absolute Gasteiger partial charge is 0.363 e. The highest BCUT2D eigenvalue weighted by Gasteiger charge is 2.31. The molecule has 0 aliphatic carbocycles. The Balaban J connectivity index is 1.97. The van der Waals surface area contributed by atoms with Gasteiger partial charge >= 0.3 is 0 Å². The Labute approximate surface area is 138 Å². The lowest BCUT2D eigenvalue weighted by Crippen LogP contribution is -2.37. The Bertz CT molecular complexity index is 885. The minimum atomic E-state index is -3.74. The number of sulfonamides is 1. The predicted octanol–water partition coefficient (Wildman–Crippen LogP) is 0.976. The molecule has 1 aliphatic rings. The van der Waals surface area contributed by atoms with Gasteiger partial charge in [-0.1, -0.05) is 23.7 Å². The van der Waals surface area contributed by atoms with Crippen LogP contribution in [0.4, 0.5) is 0 Å². The molecule has 0 fully saturated rings. The first-order valence-corrected chi connectivity index (χ1v) is 8.60. The number of nitrogens with zero attached hydrogens (tertiary/aromatic N) is 3. The fourth-order valence-corrected chi connectivity index (χ4v) is 4.29. The Morgan fingerprint density at radius 1 is 1.30 bits per heavy atom. The molecule has 0 saturated carbocycles. The van der Waals surface area contributed by atoms with Gasteiger partial charge in [-0.15, -0.1) is 0 Å². The molecule has 0 unspecified atom stereocenters. The van der Waals surface area contributed by atoms with Gasteiger partial charge in [-0.3, -0.25) is 4.79 Å². The van der Waals surface area contributed by atoms with Crippen LogP contribution in [0.2, 0.25) is 5.02 Å². The molecule has 0 atom stereocenters. The van der Waals surface area contributed by atoms with Crippen molar-refractivity contribution in [2.75, 3.05) is 6.54 Å². The summed E-state index contributed by atoms with van der Waals surface area (Å²) in [5.41, 5.74) is 6.45. The number of hydrogen-bond acceptors (Lipinski definition) is 5. The van der Waals surface area contributed by atoms with Crippen LogP contribution in [0.3, 0.4) is 0 Å². The van der Waals surface area contributed by atoms with Crippen LogP contribution in [0.15, 0.2) is 35.4 Å². The highest BCUT2D eigenvalue weighted by atomic mass is 35.5. The molecule has 0 spiro atoms. The van der Waals surface area contributed by atoms with Crippen LogP contribution in [0.25, 0.3) is 0 Å². The van der Waals surface area contributed by atoms with Crippen molar-refractivity contribution in [1.29, 1.82) is 0 Å². The molecule has 2 heterocycles. The first-order chi connectivity index (χ1) is 10.9. The summed E-state index contributed by atoms with van der Waals surface area (Å²) in [6, 6.07) is 6.27. The summed E-state index contributed by atoms with van der Waals surface area (Å²) in [4.78, 5) is 19.2. The lowest BCUT2D eigenvalue weighted by Gasteiger charge is -2.27. The number of rotatable bonds is 3. The minimum absolute atomic E-state index is 0.0473. The standard InChI is InChI=1S/C14H13ClN4O3S/c15-10-3-1-2-4-12(10)23(21,22)19-6-5-9-7-17-14(13(16)20)18-11(9)8-19/h1-4,7H,5-6,8H2,(H2,16,20). The van der Waals surface area contributed by atoms with Crippen LogP contribution in [0.1, 0.15) is 21.9 Å². The third kappa shape index (κ3) is 2.92. The lowest BCUT2D eigenvalue weighted by molar-refractivity contribution is 0.0990. The number of aromatic nitrogens is 2. The highest BCUT2D eigenvalue weighted by Crippen LogP contribution is 2.27. The number of benzene rings is 1. The van der Waals surface area contributed by atoms with E-state index in [1.165, 1.54) is 22.6 Å². The van der Waals surface area contributed by atoms with Crippen LogP contribution in [0, 0.1) is 0 Å². The molecular weight excluding hydrogens is 340 g/mol. The molecule has 2 aromatic rings. The molecule has 1 aromatic heterocycles. The summed E-state index contributed by atoms with van der Waals surface area (Å²) in [6.07, 6.45) is 1.97. The van der Waals surface area contributed by atoms with Gasteiger partial charge in [0.25, 0.3) is 5.91 Å². The summed E-state index contributed by atoms with van der Waals surface area (Å²) in [7, 11) is -3.74. The monoisotopic (exact) mass is 352 g/mol. The number of carbonyl (C=O) groups excluding carboxylic acids is 1. The van der Waals surface area contributed by atoms with Gasteiger partial charge in [-0.2, -0.15) is 4.31 Å². The van der Waals surface area contributed by atoms with E-state index in [2.05, 4.69) is 9.97 Å². The summed E-state index contributed by atoms with van der Waals surface area (Å²) < 4.78 is 26.8. The second-order valence-corrected chi connectivity index (χ2v) is 7.36. The van der Waals surface area contributed by atoms with Crippen molar-refractivity contribution < 1.29 is 13.2 Å². The van der Waals surface area contributed by atoms with E-state index in [1.807, 2.05) is 0 Å². The number of carbonyl (C=O) groups is 1. The number of halogens is 1. The fourth-order valence-electron chi connectivity index (χ4n) is 2.40. The van der Waals surface area contributed by atoms with E-state index >= 15 is 0 Å². The van der Waals surface area contributed by atoms with Crippen molar-refractivity contribution in [2.45, 2.75) is 17.9 Å². The smallest absolute Gasteiger partial charge is 0.286 e. The first kappa shape index (κ1) is 15.9. The zero-order chi connectivity index (χ0) is 16.6. The van der Waals surface area contributed by atoms with E-state index < -0.39 is 15.9 Å². The number of hydrogen-bond donors (Lipinski definition) is 1. The average molecular weight is 353 g/mol. The van der Waals surface area contributed by atoms with Crippen LogP contribution in [0.5, 0.6) is 0 Å². The fraction of sp³-hybridized carbons (Fsp3) is 0.214. The van der Waals surface area contributed by atoms with E-state index in [1.54, 1.807) is 12.1 Å². The normalized spacial score (nSPS) is 15.2. The molecular formula is C14H13ClN4O3S. The summed E-state index contributed by atoms with van der Waals surface area (Å²) in [5.74, 6) is -0.875. The molecule has 1 amide bonds. The summed E-state index contributed by atoms with van der Waals surface area (Å²) >= 11 is 6.00. The Morgan fingerprint density at radius 3 is 2.74 bits per heavy atom. The van der Waals surface area contributed by atoms with Gasteiger partial charge in [0.05, 0.1) is 17.3 Å². The average Bonchev–Trinajstić information content (AvgIpc) is 2.54. The third-order valence-corrected chi connectivity index (χ3v) is 5.93. The number of fused-ring (bicyclic) bond motifs is 1. The molecule has 120 valence electrons. The maximum atomic E-state index is 12.7. The molecule has 9 heteroatoms. The number of primary amides is 1. The summed E-state index contributed by atoms with van der Waals surface area (Å²) in [5, 5.41) is 0.166. The SMILES string of the molecule is NC(=O)c1ncc2c(n1)CN(S(=O)(=O)c1ccccc1Cl)CC2. The molecule has 1 aliphatic heterocycles. The van der Waals surface area contributed by atoms with Crippen LogP contribution in [-0.4, -0.2) is 35.1 Å². The second-order valence-electron chi connectivity index (χ2n) is 5.05. The summed E-state index contributed by atoms with van der Waals surface area (Å²) in [6.45, 7) is 0.339. The van der Waals surface area contributed by atoms with Gasteiger partial charge in [0.1, 0.15) is 4.90 Å². The molecule has 2 N–H and O–H groups in total. The van der Waals surface area contributed by atoms with Gasteiger partial charge in [0.15, 0.2) is 0 Å². The van der Waals surface area contributed by atoms with Gasteiger partial charge in [-0.05, 0) is 24.1 Å². The molecule has 23 heavy (non-hydrogen) atoms. The molecule has 0 saturated heterocycles. The third-order valence-electron chi connectivity index (χ3n) is 3.59. The molecule has 0 bridgehead atoms. The maximum absolute atomic E-state index is 12.7. The Hall–Kier alpha value is -2.03. The van der Waals surface area contributed by atoms with Gasteiger partial charge in [-0.25, -0.2) is 18.4 Å². The van der Waals surface area contributed by atoms with Crippen molar-refractivity contribution in [3.8, 4) is 0 Å². The Morgan fingerprint density at radius 2 is 2.04 bits per heavy atom. The lowest BCUT2D eigenvalue weighted by atomic mass is 10.1. The van der Waals surface area contributed by atoms with Crippen LogP contribution >= 0.6 is 11.6 Å². The van der Waals surface area contributed by atoms with Crippen LogP contribution in [-0.2, 0) is 23.0 Å². The van der Waals surface area contributed by atoms with Gasteiger partial charge in [0.2, 0.25) is 15.8 Å². The molecule has 0 radical (unpaired) electrons. The van der Waals surface area contributed by atoms with Gasteiger partial charge < -0.3 is 5.73 Å².